The van der Waals surface area contributed by atoms with Crippen LogP contribution in [0.2, 0.25) is 0 Å². The van der Waals surface area contributed by atoms with Gasteiger partial charge in [0.2, 0.25) is 0 Å². The van der Waals surface area contributed by atoms with Crippen LogP contribution in [0.25, 0.3) is 0 Å². The van der Waals surface area contributed by atoms with E-state index in [0.717, 1.165) is 22.4 Å². The van der Waals surface area contributed by atoms with Crippen LogP contribution in [-0.4, -0.2) is 13.7 Å². The Morgan fingerprint density at radius 3 is 2.12 bits per heavy atom. The first-order valence-corrected chi connectivity index (χ1v) is 5.62. The number of methoxy groups -OCH3 is 1. The van der Waals surface area contributed by atoms with E-state index in [0.29, 0.717) is 6.54 Å². The summed E-state index contributed by atoms with van der Waals surface area (Å²) >= 11 is 0. The molecule has 90 valence electrons. The highest BCUT2D eigenvalue weighted by molar-refractivity contribution is 5.44. The Morgan fingerprint density at radius 1 is 1.25 bits per heavy atom. The molecule has 0 bridgehead atoms. The molecule has 2 unspecified atom stereocenters. The summed E-state index contributed by atoms with van der Waals surface area (Å²) < 4.78 is 5.33. The molecule has 1 aromatic carbocycles. The second-order valence-corrected chi connectivity index (χ2v) is 4.43. The van der Waals surface area contributed by atoms with Crippen LogP contribution in [0.1, 0.15) is 29.7 Å². The van der Waals surface area contributed by atoms with Crippen LogP contribution in [0, 0.1) is 19.8 Å². The molecule has 0 amide bonds. The normalized spacial score (nSPS) is 14.6. The Bertz CT molecular complexity index is 340. The zero-order valence-corrected chi connectivity index (χ0v) is 10.6. The van der Waals surface area contributed by atoms with E-state index < -0.39 is 0 Å². The first-order valence-electron chi connectivity index (χ1n) is 5.62. The van der Waals surface area contributed by atoms with Crippen molar-refractivity contribution in [2.24, 2.45) is 17.4 Å². The average molecular weight is 222 g/mol. The maximum Gasteiger partial charge on any atom is 0.124 e. The Labute approximate surface area is 97.8 Å². The van der Waals surface area contributed by atoms with Gasteiger partial charge in [-0.3, -0.25) is 0 Å². The molecule has 0 spiro atoms. The molecule has 2 atom stereocenters. The molecule has 1 aromatic rings. The van der Waals surface area contributed by atoms with Crippen molar-refractivity contribution >= 4 is 0 Å². The second-order valence-electron chi connectivity index (χ2n) is 4.43. The molecule has 0 aliphatic carbocycles. The summed E-state index contributed by atoms with van der Waals surface area (Å²) in [5.74, 6) is 1.23. The number of ether oxygens (including phenoxy) is 1. The molecule has 0 aliphatic rings. The minimum Gasteiger partial charge on any atom is -0.496 e. The van der Waals surface area contributed by atoms with Crippen molar-refractivity contribution in [1.82, 2.24) is 0 Å². The molecule has 0 aliphatic heterocycles. The van der Waals surface area contributed by atoms with Gasteiger partial charge in [-0.1, -0.05) is 19.1 Å². The van der Waals surface area contributed by atoms with Crippen molar-refractivity contribution in [3.05, 3.63) is 28.8 Å². The van der Waals surface area contributed by atoms with Gasteiger partial charge < -0.3 is 16.2 Å². The van der Waals surface area contributed by atoms with Gasteiger partial charge in [-0.25, -0.2) is 0 Å². The van der Waals surface area contributed by atoms with Crippen LogP contribution in [0.5, 0.6) is 5.75 Å². The summed E-state index contributed by atoms with van der Waals surface area (Å²) in [6.45, 7) is 6.75. The lowest BCUT2D eigenvalue weighted by molar-refractivity contribution is 0.407. The summed E-state index contributed by atoms with van der Waals surface area (Å²) in [5.41, 5.74) is 15.2. The molecule has 3 nitrogen and oxygen atoms in total. The Balaban J connectivity index is 3.08. The topological polar surface area (TPSA) is 61.3 Å². The van der Waals surface area contributed by atoms with Gasteiger partial charge in [0, 0.05) is 6.04 Å². The van der Waals surface area contributed by atoms with Crippen LogP contribution in [0.3, 0.4) is 0 Å². The first-order chi connectivity index (χ1) is 7.51. The average Bonchev–Trinajstić information content (AvgIpc) is 2.26. The smallest absolute Gasteiger partial charge is 0.124 e. The van der Waals surface area contributed by atoms with Gasteiger partial charge in [0.05, 0.1) is 7.11 Å². The lowest BCUT2D eigenvalue weighted by atomic mass is 9.92. The predicted octanol–water partition coefficient (Wildman–Crippen LogP) is 1.91. The van der Waals surface area contributed by atoms with Crippen LogP contribution >= 0.6 is 0 Å². The van der Waals surface area contributed by atoms with Gasteiger partial charge in [-0.05, 0) is 43.0 Å². The third kappa shape index (κ3) is 2.54. The van der Waals surface area contributed by atoms with E-state index in [1.54, 1.807) is 7.11 Å². The van der Waals surface area contributed by atoms with Crippen molar-refractivity contribution in [2.45, 2.75) is 26.8 Å². The molecule has 3 heteroatoms. The number of aryl methyl sites for hydroxylation is 2. The van der Waals surface area contributed by atoms with E-state index in [1.807, 2.05) is 13.8 Å². The summed E-state index contributed by atoms with van der Waals surface area (Å²) in [5, 5.41) is 0. The first kappa shape index (κ1) is 13.0. The van der Waals surface area contributed by atoms with E-state index in [2.05, 4.69) is 19.1 Å². The van der Waals surface area contributed by atoms with Gasteiger partial charge in [0.1, 0.15) is 5.75 Å². The summed E-state index contributed by atoms with van der Waals surface area (Å²) in [6, 6.07) is 4.17. The number of rotatable bonds is 4. The molecule has 4 N–H and O–H groups in total. The van der Waals surface area contributed by atoms with E-state index >= 15 is 0 Å². The van der Waals surface area contributed by atoms with Crippen LogP contribution in [0.4, 0.5) is 0 Å². The van der Waals surface area contributed by atoms with Gasteiger partial charge in [-0.15, -0.1) is 0 Å². The molecular formula is C13H22N2O. The zero-order valence-electron chi connectivity index (χ0n) is 10.6. The third-order valence-corrected chi connectivity index (χ3v) is 3.06. The monoisotopic (exact) mass is 222 g/mol. The highest BCUT2D eigenvalue weighted by Gasteiger charge is 2.15. The summed E-state index contributed by atoms with van der Waals surface area (Å²) in [7, 11) is 1.69. The minimum atomic E-state index is -0.00620. The highest BCUT2D eigenvalue weighted by atomic mass is 16.5. The molecule has 1 rings (SSSR count). The lowest BCUT2D eigenvalue weighted by Crippen LogP contribution is -2.25. The van der Waals surface area contributed by atoms with E-state index in [4.69, 9.17) is 16.2 Å². The summed E-state index contributed by atoms with van der Waals surface area (Å²) in [4.78, 5) is 0. The SMILES string of the molecule is COc1c(C)cc(C(N)C(C)CN)cc1C. The molecule has 0 radical (unpaired) electrons. The maximum absolute atomic E-state index is 6.16. The number of hydrogen-bond donors (Lipinski definition) is 2. The Kier molecular flexibility index (Phi) is 4.33. The standard InChI is InChI=1S/C13H22N2O/c1-8-5-11(12(15)10(3)7-14)6-9(2)13(8)16-4/h5-6,10,12H,7,14-15H2,1-4H3. The number of nitrogens with two attached hydrogens (primary N) is 2. The van der Waals surface area contributed by atoms with E-state index in [-0.39, 0.29) is 12.0 Å². The van der Waals surface area contributed by atoms with Gasteiger partial charge in [0.15, 0.2) is 0 Å². The maximum atomic E-state index is 6.16. The van der Waals surface area contributed by atoms with Crippen molar-refractivity contribution in [2.75, 3.05) is 13.7 Å². The third-order valence-electron chi connectivity index (χ3n) is 3.06. The molecular weight excluding hydrogens is 200 g/mol. The molecule has 0 saturated heterocycles. The molecule has 0 saturated carbocycles. The highest BCUT2D eigenvalue weighted by Crippen LogP contribution is 2.28. The lowest BCUT2D eigenvalue weighted by Gasteiger charge is -2.20. The van der Waals surface area contributed by atoms with E-state index in [1.165, 1.54) is 0 Å². The van der Waals surface area contributed by atoms with Crippen molar-refractivity contribution in [1.29, 1.82) is 0 Å². The Morgan fingerprint density at radius 2 is 1.75 bits per heavy atom. The van der Waals surface area contributed by atoms with E-state index in [9.17, 15) is 0 Å². The fraction of sp³-hybridized carbons (Fsp3) is 0.538. The van der Waals surface area contributed by atoms with Crippen molar-refractivity contribution in [3.63, 3.8) is 0 Å². The number of hydrogen-bond acceptors (Lipinski definition) is 3. The quantitative estimate of drug-likeness (QED) is 0.818. The largest absolute Gasteiger partial charge is 0.496 e. The summed E-state index contributed by atoms with van der Waals surface area (Å²) in [6.07, 6.45) is 0. The predicted molar refractivity (Wildman–Crippen MR) is 67.6 cm³/mol. The van der Waals surface area contributed by atoms with Gasteiger partial charge >= 0.3 is 0 Å². The van der Waals surface area contributed by atoms with Gasteiger partial charge in [0.25, 0.3) is 0 Å². The Hall–Kier alpha value is -1.06. The van der Waals surface area contributed by atoms with Crippen molar-refractivity contribution < 1.29 is 4.74 Å². The number of benzene rings is 1. The molecule has 0 heterocycles. The van der Waals surface area contributed by atoms with Crippen LogP contribution in [0.15, 0.2) is 12.1 Å². The van der Waals surface area contributed by atoms with Crippen LogP contribution in [-0.2, 0) is 0 Å². The molecule has 0 aromatic heterocycles. The fourth-order valence-corrected chi connectivity index (χ4v) is 1.97. The van der Waals surface area contributed by atoms with Gasteiger partial charge in [-0.2, -0.15) is 0 Å². The molecule has 16 heavy (non-hydrogen) atoms. The second kappa shape index (κ2) is 5.32. The minimum absolute atomic E-state index is 0.00620. The zero-order chi connectivity index (χ0) is 12.3. The molecule has 0 fully saturated rings. The van der Waals surface area contributed by atoms with Crippen molar-refractivity contribution in [3.8, 4) is 5.75 Å². The fourth-order valence-electron chi connectivity index (χ4n) is 1.97. The van der Waals surface area contributed by atoms with Crippen LogP contribution < -0.4 is 16.2 Å².